The fourth-order valence-electron chi connectivity index (χ4n) is 3.07. The van der Waals surface area contributed by atoms with Gasteiger partial charge >= 0.3 is 0 Å². The molecular formula is C15H20O. The summed E-state index contributed by atoms with van der Waals surface area (Å²) in [5.41, 5.74) is 2.99. The highest BCUT2D eigenvalue weighted by molar-refractivity contribution is 5.30. The summed E-state index contributed by atoms with van der Waals surface area (Å²) in [5.74, 6) is 1.43. The Morgan fingerprint density at radius 1 is 0.938 bits per heavy atom. The van der Waals surface area contributed by atoms with Crippen LogP contribution in [-0.2, 0) is 0 Å². The Kier molecular flexibility index (Phi) is 2.72. The summed E-state index contributed by atoms with van der Waals surface area (Å²) < 4.78 is 0. The van der Waals surface area contributed by atoms with E-state index in [1.165, 1.54) is 30.4 Å². The van der Waals surface area contributed by atoms with Crippen LogP contribution in [0.5, 0.6) is 0 Å². The number of benzene rings is 1. The fourth-order valence-corrected chi connectivity index (χ4v) is 3.07. The van der Waals surface area contributed by atoms with Gasteiger partial charge in [-0.25, -0.2) is 0 Å². The zero-order chi connectivity index (χ0) is 11.0. The van der Waals surface area contributed by atoms with Crippen molar-refractivity contribution < 1.29 is 5.11 Å². The van der Waals surface area contributed by atoms with Crippen LogP contribution in [0, 0.1) is 0 Å². The molecule has 0 spiro atoms. The second kappa shape index (κ2) is 4.21. The molecule has 86 valence electrons. The lowest BCUT2D eigenvalue weighted by Gasteiger charge is -2.26. The Hall–Kier alpha value is -0.820. The second-order valence-corrected chi connectivity index (χ2v) is 5.46. The molecule has 2 aliphatic carbocycles. The third-order valence-corrected chi connectivity index (χ3v) is 4.36. The van der Waals surface area contributed by atoms with E-state index in [1.54, 1.807) is 0 Å². The molecule has 2 fully saturated rings. The van der Waals surface area contributed by atoms with E-state index < -0.39 is 0 Å². The van der Waals surface area contributed by atoms with E-state index in [1.807, 2.05) is 0 Å². The first-order chi connectivity index (χ1) is 7.83. The number of rotatable bonds is 2. The SMILES string of the molecule is OC1CCC(c2cccc(C3CCC3)c2)C1. The van der Waals surface area contributed by atoms with Crippen molar-refractivity contribution in [2.45, 2.75) is 56.5 Å². The highest BCUT2D eigenvalue weighted by atomic mass is 16.3. The summed E-state index contributed by atoms with van der Waals surface area (Å²) in [5, 5.41) is 9.60. The fraction of sp³-hybridized carbons (Fsp3) is 0.600. The number of hydrogen-bond donors (Lipinski definition) is 1. The molecule has 2 unspecified atom stereocenters. The van der Waals surface area contributed by atoms with Crippen molar-refractivity contribution in [3.05, 3.63) is 35.4 Å². The molecular weight excluding hydrogens is 196 g/mol. The summed E-state index contributed by atoms with van der Waals surface area (Å²) in [7, 11) is 0. The molecule has 1 aromatic carbocycles. The number of aliphatic hydroxyl groups excluding tert-OH is 1. The number of hydrogen-bond acceptors (Lipinski definition) is 1. The van der Waals surface area contributed by atoms with Crippen molar-refractivity contribution in [1.82, 2.24) is 0 Å². The van der Waals surface area contributed by atoms with Crippen molar-refractivity contribution in [3.63, 3.8) is 0 Å². The Balaban J connectivity index is 1.79. The van der Waals surface area contributed by atoms with E-state index in [2.05, 4.69) is 24.3 Å². The minimum atomic E-state index is -0.0580. The molecule has 0 bridgehead atoms. The van der Waals surface area contributed by atoms with Crippen LogP contribution in [0.1, 0.15) is 61.5 Å². The van der Waals surface area contributed by atoms with E-state index in [0.29, 0.717) is 5.92 Å². The second-order valence-electron chi connectivity index (χ2n) is 5.46. The molecule has 2 saturated carbocycles. The van der Waals surface area contributed by atoms with Gasteiger partial charge in [0.1, 0.15) is 0 Å². The molecule has 0 aliphatic heterocycles. The summed E-state index contributed by atoms with van der Waals surface area (Å²) in [6, 6.07) is 9.11. The molecule has 16 heavy (non-hydrogen) atoms. The Bertz CT molecular complexity index is 367. The van der Waals surface area contributed by atoms with Gasteiger partial charge in [-0.05, 0) is 55.1 Å². The van der Waals surface area contributed by atoms with Gasteiger partial charge in [0.05, 0.1) is 6.10 Å². The summed E-state index contributed by atoms with van der Waals surface area (Å²) >= 11 is 0. The normalized spacial score (nSPS) is 30.3. The molecule has 1 nitrogen and oxygen atoms in total. The molecule has 0 heterocycles. The molecule has 0 saturated heterocycles. The summed E-state index contributed by atoms with van der Waals surface area (Å²) in [6.45, 7) is 0. The van der Waals surface area contributed by atoms with Crippen LogP contribution in [0.3, 0.4) is 0 Å². The topological polar surface area (TPSA) is 20.2 Å². The highest BCUT2D eigenvalue weighted by Gasteiger charge is 2.25. The minimum Gasteiger partial charge on any atom is -0.393 e. The smallest absolute Gasteiger partial charge is 0.0546 e. The van der Waals surface area contributed by atoms with E-state index in [0.717, 1.165) is 25.2 Å². The standard InChI is InChI=1S/C15H20O/c16-15-8-7-14(10-15)13-6-2-5-12(9-13)11-3-1-4-11/h2,5-6,9,11,14-16H,1,3-4,7-8,10H2. The lowest BCUT2D eigenvalue weighted by molar-refractivity contribution is 0.181. The third-order valence-electron chi connectivity index (χ3n) is 4.36. The van der Waals surface area contributed by atoms with Gasteiger partial charge in [0.25, 0.3) is 0 Å². The first-order valence-corrected chi connectivity index (χ1v) is 6.61. The predicted octanol–water partition coefficient (Wildman–Crippen LogP) is 3.58. The zero-order valence-corrected chi connectivity index (χ0v) is 9.73. The predicted molar refractivity (Wildman–Crippen MR) is 65.6 cm³/mol. The molecule has 2 atom stereocenters. The lowest BCUT2D eigenvalue weighted by Crippen LogP contribution is -2.09. The van der Waals surface area contributed by atoms with Gasteiger partial charge < -0.3 is 5.11 Å². The molecule has 3 rings (SSSR count). The van der Waals surface area contributed by atoms with Gasteiger partial charge in [-0.3, -0.25) is 0 Å². The maximum absolute atomic E-state index is 9.60. The average Bonchev–Trinajstić information content (AvgIpc) is 2.63. The van der Waals surface area contributed by atoms with Crippen molar-refractivity contribution in [2.24, 2.45) is 0 Å². The van der Waals surface area contributed by atoms with Gasteiger partial charge in [-0.2, -0.15) is 0 Å². The van der Waals surface area contributed by atoms with Gasteiger partial charge in [0.15, 0.2) is 0 Å². The van der Waals surface area contributed by atoms with Crippen molar-refractivity contribution in [3.8, 4) is 0 Å². The zero-order valence-electron chi connectivity index (χ0n) is 9.73. The van der Waals surface area contributed by atoms with Gasteiger partial charge in [0, 0.05) is 0 Å². The monoisotopic (exact) mass is 216 g/mol. The molecule has 0 radical (unpaired) electrons. The van der Waals surface area contributed by atoms with E-state index >= 15 is 0 Å². The number of aliphatic hydroxyl groups is 1. The quantitative estimate of drug-likeness (QED) is 0.801. The van der Waals surface area contributed by atoms with Gasteiger partial charge in [-0.1, -0.05) is 30.7 Å². The summed E-state index contributed by atoms with van der Waals surface area (Å²) in [6.07, 6.45) is 7.20. The molecule has 1 N–H and O–H groups in total. The van der Waals surface area contributed by atoms with Crippen molar-refractivity contribution in [1.29, 1.82) is 0 Å². The summed E-state index contributed by atoms with van der Waals surface area (Å²) in [4.78, 5) is 0. The van der Waals surface area contributed by atoms with Crippen molar-refractivity contribution in [2.75, 3.05) is 0 Å². The molecule has 1 heteroatoms. The Morgan fingerprint density at radius 2 is 1.69 bits per heavy atom. The largest absolute Gasteiger partial charge is 0.393 e. The highest BCUT2D eigenvalue weighted by Crippen LogP contribution is 2.39. The molecule has 0 aromatic heterocycles. The van der Waals surface area contributed by atoms with E-state index in [-0.39, 0.29) is 6.10 Å². The third kappa shape index (κ3) is 1.89. The molecule has 0 amide bonds. The molecule has 1 aromatic rings. The van der Waals surface area contributed by atoms with Crippen LogP contribution in [0.4, 0.5) is 0 Å². The lowest BCUT2D eigenvalue weighted by atomic mass is 9.79. The Morgan fingerprint density at radius 3 is 2.25 bits per heavy atom. The van der Waals surface area contributed by atoms with Crippen LogP contribution in [0.2, 0.25) is 0 Å². The van der Waals surface area contributed by atoms with Gasteiger partial charge in [0.2, 0.25) is 0 Å². The van der Waals surface area contributed by atoms with E-state index in [9.17, 15) is 5.11 Å². The van der Waals surface area contributed by atoms with E-state index in [4.69, 9.17) is 0 Å². The molecule has 2 aliphatic rings. The van der Waals surface area contributed by atoms with Crippen LogP contribution >= 0.6 is 0 Å². The Labute approximate surface area is 97.5 Å². The van der Waals surface area contributed by atoms with Crippen LogP contribution in [0.15, 0.2) is 24.3 Å². The van der Waals surface area contributed by atoms with Crippen LogP contribution in [0.25, 0.3) is 0 Å². The maximum Gasteiger partial charge on any atom is 0.0546 e. The first-order valence-electron chi connectivity index (χ1n) is 6.61. The van der Waals surface area contributed by atoms with Crippen LogP contribution < -0.4 is 0 Å². The van der Waals surface area contributed by atoms with Gasteiger partial charge in [-0.15, -0.1) is 0 Å². The maximum atomic E-state index is 9.60. The first kappa shape index (κ1) is 10.3. The van der Waals surface area contributed by atoms with Crippen molar-refractivity contribution >= 4 is 0 Å². The van der Waals surface area contributed by atoms with Crippen LogP contribution in [-0.4, -0.2) is 11.2 Å². The average molecular weight is 216 g/mol. The minimum absolute atomic E-state index is 0.0580.